The number of rotatable bonds is 3. The molecule has 6 nitrogen and oxygen atoms in total. The fourth-order valence-electron chi connectivity index (χ4n) is 1.86. The number of phenols is 1. The minimum atomic E-state index is -0.609. The SMILES string of the molecule is N/N=C(\c1cc([N+](=O)[O-])ccc1O)c1c(Cl)cc(Cl)cc1Cl. The molecule has 2 aromatic carbocycles. The lowest BCUT2D eigenvalue weighted by atomic mass is 10.0. The van der Waals surface area contributed by atoms with Crippen molar-refractivity contribution < 1.29 is 10.0 Å². The van der Waals surface area contributed by atoms with Crippen molar-refractivity contribution in [1.82, 2.24) is 0 Å². The van der Waals surface area contributed by atoms with Crippen molar-refractivity contribution in [3.8, 4) is 5.75 Å². The zero-order valence-corrected chi connectivity index (χ0v) is 13.0. The van der Waals surface area contributed by atoms with Gasteiger partial charge in [-0.25, -0.2) is 0 Å². The number of hydrogen-bond acceptors (Lipinski definition) is 5. The summed E-state index contributed by atoms with van der Waals surface area (Å²) in [4.78, 5) is 10.3. The largest absolute Gasteiger partial charge is 0.507 e. The van der Waals surface area contributed by atoms with Gasteiger partial charge in [-0.1, -0.05) is 34.8 Å². The third-order valence-electron chi connectivity index (χ3n) is 2.82. The molecule has 0 radical (unpaired) electrons. The fourth-order valence-corrected chi connectivity index (χ4v) is 2.86. The zero-order valence-electron chi connectivity index (χ0n) is 10.8. The molecule has 114 valence electrons. The van der Waals surface area contributed by atoms with Crippen LogP contribution in [0.15, 0.2) is 35.4 Å². The molecule has 0 unspecified atom stereocenters. The Balaban J connectivity index is 2.69. The van der Waals surface area contributed by atoms with E-state index in [0.29, 0.717) is 5.02 Å². The van der Waals surface area contributed by atoms with Crippen molar-refractivity contribution in [2.24, 2.45) is 10.9 Å². The predicted octanol–water partition coefficient (Wildman–Crippen LogP) is 3.97. The van der Waals surface area contributed by atoms with E-state index in [1.54, 1.807) is 0 Å². The Morgan fingerprint density at radius 3 is 2.27 bits per heavy atom. The van der Waals surface area contributed by atoms with Crippen LogP contribution in [-0.4, -0.2) is 15.7 Å². The van der Waals surface area contributed by atoms with E-state index in [-0.39, 0.29) is 38.3 Å². The maximum absolute atomic E-state index is 10.9. The molecule has 2 rings (SSSR count). The van der Waals surface area contributed by atoms with E-state index < -0.39 is 4.92 Å². The van der Waals surface area contributed by atoms with Crippen molar-refractivity contribution in [3.63, 3.8) is 0 Å². The highest BCUT2D eigenvalue weighted by Crippen LogP contribution is 2.34. The van der Waals surface area contributed by atoms with Gasteiger partial charge in [-0.2, -0.15) is 5.10 Å². The van der Waals surface area contributed by atoms with Crippen molar-refractivity contribution in [3.05, 3.63) is 66.6 Å². The summed E-state index contributed by atoms with van der Waals surface area (Å²) in [5, 5.41) is 25.0. The fraction of sp³-hybridized carbons (Fsp3) is 0. The Kier molecular flexibility index (Phi) is 4.75. The van der Waals surface area contributed by atoms with Crippen LogP contribution in [0.2, 0.25) is 15.1 Å². The number of benzene rings is 2. The van der Waals surface area contributed by atoms with Crippen LogP contribution in [0.1, 0.15) is 11.1 Å². The molecule has 22 heavy (non-hydrogen) atoms. The standard InChI is InChI=1S/C13H8Cl3N3O3/c14-6-3-9(15)12(10(16)4-6)13(18-17)8-5-7(19(21)22)1-2-11(8)20/h1-5,20H,17H2/b18-13+. The molecule has 3 N–H and O–H groups in total. The molecule has 0 amide bonds. The molecule has 2 aromatic rings. The number of halogens is 3. The number of phenolic OH excluding ortho intramolecular Hbond substituents is 1. The second-order valence-electron chi connectivity index (χ2n) is 4.18. The Hall–Kier alpha value is -2.02. The van der Waals surface area contributed by atoms with Crippen molar-refractivity contribution in [1.29, 1.82) is 0 Å². The molecule has 0 heterocycles. The van der Waals surface area contributed by atoms with Crippen LogP contribution in [0.5, 0.6) is 5.75 Å². The summed E-state index contributed by atoms with van der Waals surface area (Å²) in [6.45, 7) is 0. The molecule has 0 aliphatic rings. The Morgan fingerprint density at radius 2 is 1.77 bits per heavy atom. The molecule has 0 bridgehead atoms. The molecule has 0 atom stereocenters. The van der Waals surface area contributed by atoms with Gasteiger partial charge in [0.05, 0.1) is 20.5 Å². The van der Waals surface area contributed by atoms with Gasteiger partial charge in [0.2, 0.25) is 0 Å². The first-order chi connectivity index (χ1) is 10.3. The second kappa shape index (κ2) is 6.39. The highest BCUT2D eigenvalue weighted by molar-refractivity contribution is 6.43. The maximum Gasteiger partial charge on any atom is 0.270 e. The molecular weight excluding hydrogens is 353 g/mol. The summed E-state index contributed by atoms with van der Waals surface area (Å²) in [5.74, 6) is 5.11. The molecular formula is C13H8Cl3N3O3. The van der Waals surface area contributed by atoms with Crippen molar-refractivity contribution in [2.75, 3.05) is 0 Å². The third-order valence-corrected chi connectivity index (χ3v) is 3.63. The van der Waals surface area contributed by atoms with Gasteiger partial charge in [0.1, 0.15) is 11.5 Å². The summed E-state index contributed by atoms with van der Waals surface area (Å²) < 4.78 is 0. The van der Waals surface area contributed by atoms with E-state index in [1.165, 1.54) is 12.1 Å². The smallest absolute Gasteiger partial charge is 0.270 e. The summed E-state index contributed by atoms with van der Waals surface area (Å²) in [6.07, 6.45) is 0. The van der Waals surface area contributed by atoms with E-state index in [1.807, 2.05) is 0 Å². The number of hydrazone groups is 1. The summed E-state index contributed by atoms with van der Waals surface area (Å²) in [5.41, 5.74) is 0.0110. The topological polar surface area (TPSA) is 102 Å². The highest BCUT2D eigenvalue weighted by Gasteiger charge is 2.21. The Bertz CT molecular complexity index is 770. The van der Waals surface area contributed by atoms with Gasteiger partial charge >= 0.3 is 0 Å². The van der Waals surface area contributed by atoms with Gasteiger partial charge in [-0.15, -0.1) is 0 Å². The summed E-state index contributed by atoms with van der Waals surface area (Å²) in [6, 6.07) is 6.28. The van der Waals surface area contributed by atoms with Gasteiger partial charge in [0.15, 0.2) is 0 Å². The van der Waals surface area contributed by atoms with Gasteiger partial charge in [0.25, 0.3) is 5.69 Å². The quantitative estimate of drug-likeness (QED) is 0.374. The van der Waals surface area contributed by atoms with Crippen LogP contribution in [-0.2, 0) is 0 Å². The predicted molar refractivity (Wildman–Crippen MR) is 86.1 cm³/mol. The number of nitro groups is 1. The molecule has 9 heteroatoms. The molecule has 0 aliphatic heterocycles. The van der Waals surface area contributed by atoms with E-state index in [4.69, 9.17) is 40.6 Å². The number of nitrogens with two attached hydrogens (primary N) is 1. The number of hydrogen-bond donors (Lipinski definition) is 2. The van der Waals surface area contributed by atoms with Gasteiger partial charge in [0, 0.05) is 22.7 Å². The first-order valence-electron chi connectivity index (χ1n) is 5.75. The maximum atomic E-state index is 10.9. The Morgan fingerprint density at radius 1 is 1.18 bits per heavy atom. The highest BCUT2D eigenvalue weighted by atomic mass is 35.5. The van der Waals surface area contributed by atoms with Crippen LogP contribution in [0, 0.1) is 10.1 Å². The van der Waals surface area contributed by atoms with Crippen molar-refractivity contribution >= 4 is 46.2 Å². The van der Waals surface area contributed by atoms with E-state index >= 15 is 0 Å². The van der Waals surface area contributed by atoms with Crippen molar-refractivity contribution in [2.45, 2.75) is 0 Å². The monoisotopic (exact) mass is 359 g/mol. The third kappa shape index (κ3) is 3.09. The lowest BCUT2D eigenvalue weighted by Crippen LogP contribution is -2.09. The minimum absolute atomic E-state index is 0.00728. The summed E-state index contributed by atoms with van der Waals surface area (Å²) >= 11 is 18.0. The lowest BCUT2D eigenvalue weighted by Gasteiger charge is -2.11. The van der Waals surface area contributed by atoms with E-state index in [0.717, 1.165) is 18.2 Å². The van der Waals surface area contributed by atoms with E-state index in [9.17, 15) is 15.2 Å². The van der Waals surface area contributed by atoms with Gasteiger partial charge in [-0.05, 0) is 18.2 Å². The Labute approximate surface area is 139 Å². The van der Waals surface area contributed by atoms with Crippen LogP contribution < -0.4 is 5.84 Å². The average Bonchev–Trinajstić information content (AvgIpc) is 2.43. The molecule has 0 fully saturated rings. The normalized spacial score (nSPS) is 11.5. The average molecular weight is 361 g/mol. The molecule has 0 aliphatic carbocycles. The minimum Gasteiger partial charge on any atom is -0.507 e. The van der Waals surface area contributed by atoms with Gasteiger partial charge in [-0.3, -0.25) is 10.1 Å². The number of nitrogens with zero attached hydrogens (tertiary/aromatic N) is 2. The van der Waals surface area contributed by atoms with Gasteiger partial charge < -0.3 is 10.9 Å². The molecule has 0 spiro atoms. The number of aromatic hydroxyl groups is 1. The molecule has 0 saturated carbocycles. The second-order valence-corrected chi connectivity index (χ2v) is 5.43. The summed E-state index contributed by atoms with van der Waals surface area (Å²) in [7, 11) is 0. The van der Waals surface area contributed by atoms with Crippen LogP contribution in [0.25, 0.3) is 0 Å². The number of non-ortho nitro benzene ring substituents is 1. The van der Waals surface area contributed by atoms with E-state index in [2.05, 4.69) is 5.10 Å². The lowest BCUT2D eigenvalue weighted by molar-refractivity contribution is -0.384. The number of nitro benzene ring substituents is 1. The van der Waals surface area contributed by atoms with Crippen LogP contribution in [0.4, 0.5) is 5.69 Å². The molecule has 0 saturated heterocycles. The van der Waals surface area contributed by atoms with Crippen LogP contribution in [0.3, 0.4) is 0 Å². The zero-order chi connectivity index (χ0) is 16.4. The first kappa shape index (κ1) is 16.4. The van der Waals surface area contributed by atoms with Crippen LogP contribution >= 0.6 is 34.8 Å². The first-order valence-corrected chi connectivity index (χ1v) is 6.89. The molecule has 0 aromatic heterocycles.